The molecule has 0 aromatic carbocycles. The van der Waals surface area contributed by atoms with E-state index >= 15 is 0 Å². The molecule has 1 saturated carbocycles. The second-order valence-electron chi connectivity index (χ2n) is 5.39. The summed E-state index contributed by atoms with van der Waals surface area (Å²) in [5.74, 6) is -1.50. The van der Waals surface area contributed by atoms with Gasteiger partial charge in [-0.1, -0.05) is 0 Å². The Hall–Kier alpha value is -1.59. The Kier molecular flexibility index (Phi) is 4.07. The van der Waals surface area contributed by atoms with Crippen molar-refractivity contribution in [1.82, 2.24) is 10.2 Å². The van der Waals surface area contributed by atoms with E-state index in [1.165, 1.54) is 0 Å². The smallest absolute Gasteiger partial charge is 0.306 e. The fourth-order valence-electron chi connectivity index (χ4n) is 2.91. The van der Waals surface area contributed by atoms with Gasteiger partial charge in [-0.2, -0.15) is 0 Å². The van der Waals surface area contributed by atoms with Crippen LogP contribution < -0.4 is 5.32 Å². The average Bonchev–Trinajstić information content (AvgIpc) is 2.95. The minimum atomic E-state index is -0.787. The predicted octanol–water partition coefficient (Wildman–Crippen LogP) is 0.224. The van der Waals surface area contributed by atoms with E-state index < -0.39 is 5.97 Å². The van der Waals surface area contributed by atoms with Crippen molar-refractivity contribution in [2.24, 2.45) is 11.8 Å². The van der Waals surface area contributed by atoms with Gasteiger partial charge in [-0.25, -0.2) is 0 Å². The lowest BCUT2D eigenvalue weighted by atomic mass is 10.1. The quantitative estimate of drug-likeness (QED) is 0.764. The number of carboxylic acids is 1. The number of rotatable bonds is 4. The first-order valence-electron chi connectivity index (χ1n) is 6.82. The largest absolute Gasteiger partial charge is 0.481 e. The lowest BCUT2D eigenvalue weighted by Gasteiger charge is -2.16. The number of likely N-dealkylation sites (tertiary alicyclic amines) is 1. The van der Waals surface area contributed by atoms with E-state index in [0.29, 0.717) is 32.4 Å². The van der Waals surface area contributed by atoms with Gasteiger partial charge >= 0.3 is 5.97 Å². The van der Waals surface area contributed by atoms with Crippen molar-refractivity contribution in [2.75, 3.05) is 13.1 Å². The maximum absolute atomic E-state index is 12.0. The first-order chi connectivity index (χ1) is 9.01. The highest BCUT2D eigenvalue weighted by molar-refractivity contribution is 5.89. The summed E-state index contributed by atoms with van der Waals surface area (Å²) in [6, 6.07) is -0.0561. The number of carbonyl (C=O) groups is 3. The van der Waals surface area contributed by atoms with Crippen LogP contribution in [0.2, 0.25) is 0 Å². The van der Waals surface area contributed by atoms with Gasteiger partial charge in [-0.3, -0.25) is 14.4 Å². The Morgan fingerprint density at radius 2 is 2.11 bits per heavy atom. The van der Waals surface area contributed by atoms with E-state index in [9.17, 15) is 14.4 Å². The molecule has 1 saturated heterocycles. The lowest BCUT2D eigenvalue weighted by Crippen LogP contribution is -2.38. The van der Waals surface area contributed by atoms with Crippen molar-refractivity contribution < 1.29 is 19.5 Å². The van der Waals surface area contributed by atoms with Crippen molar-refractivity contribution in [2.45, 2.75) is 38.6 Å². The van der Waals surface area contributed by atoms with Gasteiger partial charge in [0.05, 0.1) is 11.8 Å². The molecule has 106 valence electrons. The molecule has 6 heteroatoms. The molecule has 2 amide bonds. The standard InChI is InChI=1S/C13H20N2O4/c1-2-15-7-9(6-11(15)16)12(17)14-10-4-3-8(5-10)13(18)19/h8-10H,2-7H2,1H3,(H,14,17)(H,18,19)/t8-,9?,10+/m1/s1. The molecule has 0 aromatic heterocycles. The average molecular weight is 268 g/mol. The summed E-state index contributed by atoms with van der Waals surface area (Å²) in [5.41, 5.74) is 0. The van der Waals surface area contributed by atoms with Gasteiger partial charge < -0.3 is 15.3 Å². The van der Waals surface area contributed by atoms with Crippen LogP contribution in [0, 0.1) is 11.8 Å². The Bertz CT molecular complexity index is 396. The van der Waals surface area contributed by atoms with Crippen LogP contribution in [-0.4, -0.2) is 46.9 Å². The molecule has 0 radical (unpaired) electrons. The SMILES string of the molecule is CCN1CC(C(=O)N[C@H]2CC[C@@H](C(=O)O)C2)CC1=O. The molecule has 3 atom stereocenters. The van der Waals surface area contributed by atoms with Gasteiger partial charge in [0, 0.05) is 25.6 Å². The lowest BCUT2D eigenvalue weighted by molar-refractivity contribution is -0.141. The summed E-state index contributed by atoms with van der Waals surface area (Å²) in [5, 5.41) is 11.8. The molecular weight excluding hydrogens is 248 g/mol. The molecule has 6 nitrogen and oxygen atoms in total. The van der Waals surface area contributed by atoms with Crippen LogP contribution in [0.15, 0.2) is 0 Å². The highest BCUT2D eigenvalue weighted by Crippen LogP contribution is 2.26. The van der Waals surface area contributed by atoms with Gasteiger partial charge in [0.1, 0.15) is 0 Å². The minimum absolute atomic E-state index is 0.0254. The molecule has 0 spiro atoms. The zero-order valence-electron chi connectivity index (χ0n) is 11.1. The summed E-state index contributed by atoms with van der Waals surface area (Å²) >= 11 is 0. The van der Waals surface area contributed by atoms with Gasteiger partial charge in [0.2, 0.25) is 11.8 Å². The number of nitrogens with zero attached hydrogens (tertiary/aromatic N) is 1. The van der Waals surface area contributed by atoms with E-state index in [-0.39, 0.29) is 36.1 Å². The monoisotopic (exact) mass is 268 g/mol. The van der Waals surface area contributed by atoms with Gasteiger partial charge in [-0.05, 0) is 26.2 Å². The van der Waals surface area contributed by atoms with Crippen LogP contribution in [0.3, 0.4) is 0 Å². The van der Waals surface area contributed by atoms with E-state index in [0.717, 1.165) is 0 Å². The zero-order chi connectivity index (χ0) is 14.0. The summed E-state index contributed by atoms with van der Waals surface area (Å²) in [4.78, 5) is 36.1. The Morgan fingerprint density at radius 3 is 2.63 bits per heavy atom. The number of hydrogen-bond donors (Lipinski definition) is 2. The van der Waals surface area contributed by atoms with Crippen molar-refractivity contribution in [3.63, 3.8) is 0 Å². The molecule has 2 aliphatic rings. The fourth-order valence-corrected chi connectivity index (χ4v) is 2.91. The summed E-state index contributed by atoms with van der Waals surface area (Å²) in [6.45, 7) is 3.01. The third-order valence-electron chi connectivity index (χ3n) is 4.10. The molecule has 2 fully saturated rings. The highest BCUT2D eigenvalue weighted by Gasteiger charge is 2.36. The maximum Gasteiger partial charge on any atom is 0.306 e. The van der Waals surface area contributed by atoms with E-state index in [1.54, 1.807) is 4.90 Å². The minimum Gasteiger partial charge on any atom is -0.481 e. The van der Waals surface area contributed by atoms with Gasteiger partial charge in [0.15, 0.2) is 0 Å². The molecule has 1 heterocycles. The van der Waals surface area contributed by atoms with Crippen LogP contribution in [-0.2, 0) is 14.4 Å². The van der Waals surface area contributed by atoms with Gasteiger partial charge in [0.25, 0.3) is 0 Å². The topological polar surface area (TPSA) is 86.7 Å². The number of carbonyl (C=O) groups excluding carboxylic acids is 2. The molecule has 19 heavy (non-hydrogen) atoms. The van der Waals surface area contributed by atoms with Gasteiger partial charge in [-0.15, -0.1) is 0 Å². The van der Waals surface area contributed by atoms with Crippen LogP contribution >= 0.6 is 0 Å². The number of carboxylic acid groups (broad SMARTS) is 1. The first-order valence-corrected chi connectivity index (χ1v) is 6.82. The van der Waals surface area contributed by atoms with Crippen LogP contribution in [0.25, 0.3) is 0 Å². The molecule has 0 aromatic rings. The molecule has 0 bridgehead atoms. The van der Waals surface area contributed by atoms with E-state index in [2.05, 4.69) is 5.32 Å². The summed E-state index contributed by atoms with van der Waals surface area (Å²) < 4.78 is 0. The molecule has 2 N–H and O–H groups in total. The molecule has 2 rings (SSSR count). The van der Waals surface area contributed by atoms with Crippen LogP contribution in [0.5, 0.6) is 0 Å². The second-order valence-corrected chi connectivity index (χ2v) is 5.39. The fraction of sp³-hybridized carbons (Fsp3) is 0.769. The van der Waals surface area contributed by atoms with E-state index in [4.69, 9.17) is 5.11 Å². The number of nitrogens with one attached hydrogen (secondary N) is 1. The van der Waals surface area contributed by atoms with E-state index in [1.807, 2.05) is 6.92 Å². The van der Waals surface area contributed by atoms with Crippen molar-refractivity contribution in [3.8, 4) is 0 Å². The Balaban J connectivity index is 1.83. The molecule has 1 aliphatic heterocycles. The third-order valence-corrected chi connectivity index (χ3v) is 4.10. The summed E-state index contributed by atoms with van der Waals surface area (Å²) in [7, 11) is 0. The zero-order valence-corrected chi connectivity index (χ0v) is 11.1. The first kappa shape index (κ1) is 13.8. The normalized spacial score (nSPS) is 30.7. The number of aliphatic carboxylic acids is 1. The second kappa shape index (κ2) is 5.59. The highest BCUT2D eigenvalue weighted by atomic mass is 16.4. The Labute approximate surface area is 112 Å². The number of amides is 2. The van der Waals surface area contributed by atoms with Crippen molar-refractivity contribution in [3.05, 3.63) is 0 Å². The Morgan fingerprint density at radius 1 is 1.37 bits per heavy atom. The third kappa shape index (κ3) is 3.05. The molecule has 1 unspecified atom stereocenters. The number of hydrogen-bond acceptors (Lipinski definition) is 3. The molecule has 1 aliphatic carbocycles. The molecular formula is C13H20N2O4. The van der Waals surface area contributed by atoms with Crippen molar-refractivity contribution >= 4 is 17.8 Å². The van der Waals surface area contributed by atoms with Crippen LogP contribution in [0.1, 0.15) is 32.6 Å². The van der Waals surface area contributed by atoms with Crippen molar-refractivity contribution in [1.29, 1.82) is 0 Å². The van der Waals surface area contributed by atoms with Crippen LogP contribution in [0.4, 0.5) is 0 Å². The predicted molar refractivity (Wildman–Crippen MR) is 67.3 cm³/mol. The summed E-state index contributed by atoms with van der Waals surface area (Å²) in [6.07, 6.45) is 2.10. The maximum atomic E-state index is 12.0.